The number of carboxylic acid groups (broad SMARTS) is 1. The number of piperidine rings is 1. The average Bonchev–Trinajstić information content (AvgIpc) is 2.54. The Kier molecular flexibility index (Phi) is 6.91. The van der Waals surface area contributed by atoms with Crippen LogP contribution < -0.4 is 0 Å². The van der Waals surface area contributed by atoms with Gasteiger partial charge in [0.05, 0.1) is 5.92 Å². The lowest BCUT2D eigenvalue weighted by atomic mass is 9.80. The average molecular weight is 323 g/mol. The van der Waals surface area contributed by atoms with Crippen LogP contribution in [0.15, 0.2) is 0 Å². The molecular formula is C19H33NO3. The van der Waals surface area contributed by atoms with Crippen molar-refractivity contribution in [3.05, 3.63) is 0 Å². The van der Waals surface area contributed by atoms with Crippen molar-refractivity contribution in [3.63, 3.8) is 0 Å². The lowest BCUT2D eigenvalue weighted by molar-refractivity contribution is -0.149. The van der Waals surface area contributed by atoms with Crippen molar-refractivity contribution in [2.75, 3.05) is 13.1 Å². The van der Waals surface area contributed by atoms with E-state index in [1.165, 1.54) is 32.1 Å². The molecule has 0 aromatic rings. The quantitative estimate of drug-likeness (QED) is 0.805. The second-order valence-electron chi connectivity index (χ2n) is 7.72. The summed E-state index contributed by atoms with van der Waals surface area (Å²) in [6.45, 7) is 5.35. The molecule has 0 spiro atoms. The summed E-state index contributed by atoms with van der Waals surface area (Å²) in [5.41, 5.74) is 0. The van der Waals surface area contributed by atoms with E-state index in [2.05, 4.69) is 6.92 Å². The Labute approximate surface area is 140 Å². The van der Waals surface area contributed by atoms with Gasteiger partial charge in [-0.05, 0) is 31.1 Å². The normalized spacial score (nSPS) is 27.7. The first-order chi connectivity index (χ1) is 11.0. The van der Waals surface area contributed by atoms with Gasteiger partial charge in [0.1, 0.15) is 0 Å². The van der Waals surface area contributed by atoms with Crippen LogP contribution in [-0.2, 0) is 9.59 Å². The highest BCUT2D eigenvalue weighted by atomic mass is 16.4. The molecule has 4 nitrogen and oxygen atoms in total. The van der Waals surface area contributed by atoms with Crippen LogP contribution >= 0.6 is 0 Å². The van der Waals surface area contributed by atoms with Crippen molar-refractivity contribution in [1.82, 2.24) is 4.90 Å². The highest BCUT2D eigenvalue weighted by Crippen LogP contribution is 2.32. The molecule has 1 aliphatic heterocycles. The van der Waals surface area contributed by atoms with Crippen LogP contribution in [0.4, 0.5) is 0 Å². The molecule has 1 heterocycles. The van der Waals surface area contributed by atoms with Crippen LogP contribution in [0.2, 0.25) is 0 Å². The summed E-state index contributed by atoms with van der Waals surface area (Å²) >= 11 is 0. The van der Waals surface area contributed by atoms with Gasteiger partial charge < -0.3 is 10.0 Å². The summed E-state index contributed by atoms with van der Waals surface area (Å²) in [5.74, 6) is 0.212. The van der Waals surface area contributed by atoms with E-state index in [-0.39, 0.29) is 23.7 Å². The van der Waals surface area contributed by atoms with Gasteiger partial charge >= 0.3 is 5.97 Å². The van der Waals surface area contributed by atoms with Gasteiger partial charge in [0, 0.05) is 19.0 Å². The first kappa shape index (κ1) is 18.3. The highest BCUT2D eigenvalue weighted by Gasteiger charge is 2.35. The minimum absolute atomic E-state index is 0.0576. The molecule has 1 saturated heterocycles. The number of likely N-dealkylation sites (tertiary alicyclic amines) is 1. The van der Waals surface area contributed by atoms with E-state index in [0.717, 1.165) is 25.2 Å². The Bertz CT molecular complexity index is 403. The maximum atomic E-state index is 13.0. The predicted octanol–water partition coefficient (Wildman–Crippen LogP) is 3.94. The number of nitrogens with zero attached hydrogens (tertiary/aromatic N) is 1. The molecule has 23 heavy (non-hydrogen) atoms. The van der Waals surface area contributed by atoms with E-state index in [4.69, 9.17) is 0 Å². The minimum Gasteiger partial charge on any atom is -0.481 e. The van der Waals surface area contributed by atoms with Crippen molar-refractivity contribution < 1.29 is 14.7 Å². The fourth-order valence-corrected chi connectivity index (χ4v) is 4.49. The fourth-order valence-electron chi connectivity index (χ4n) is 4.49. The number of carbonyl (C=O) groups excluding carboxylic acids is 1. The molecule has 0 aromatic heterocycles. The zero-order valence-electron chi connectivity index (χ0n) is 14.8. The molecular weight excluding hydrogens is 290 g/mol. The lowest BCUT2D eigenvalue weighted by Crippen LogP contribution is -2.47. The van der Waals surface area contributed by atoms with E-state index in [1.807, 2.05) is 11.8 Å². The fraction of sp³-hybridized carbons (Fsp3) is 0.895. The first-order valence-electron chi connectivity index (χ1n) is 9.54. The third-order valence-corrected chi connectivity index (χ3v) is 5.86. The zero-order chi connectivity index (χ0) is 16.8. The number of aliphatic carboxylic acids is 1. The molecule has 1 aliphatic carbocycles. The van der Waals surface area contributed by atoms with E-state index in [0.29, 0.717) is 19.5 Å². The lowest BCUT2D eigenvalue weighted by Gasteiger charge is -2.37. The maximum absolute atomic E-state index is 13.0. The number of rotatable bonds is 6. The van der Waals surface area contributed by atoms with Crippen molar-refractivity contribution in [2.45, 2.75) is 71.6 Å². The molecule has 3 atom stereocenters. The van der Waals surface area contributed by atoms with Crippen LogP contribution in [0.1, 0.15) is 71.6 Å². The second-order valence-corrected chi connectivity index (χ2v) is 7.72. The molecule has 0 radical (unpaired) electrons. The molecule has 1 amide bonds. The van der Waals surface area contributed by atoms with E-state index in [1.54, 1.807) is 0 Å². The third-order valence-electron chi connectivity index (χ3n) is 5.86. The Morgan fingerprint density at radius 1 is 1.17 bits per heavy atom. The van der Waals surface area contributed by atoms with Crippen LogP contribution in [0.25, 0.3) is 0 Å². The predicted molar refractivity (Wildman–Crippen MR) is 91.1 cm³/mol. The van der Waals surface area contributed by atoms with Crippen LogP contribution in [-0.4, -0.2) is 35.0 Å². The minimum atomic E-state index is -0.711. The Balaban J connectivity index is 1.93. The topological polar surface area (TPSA) is 57.6 Å². The van der Waals surface area contributed by atoms with E-state index >= 15 is 0 Å². The highest BCUT2D eigenvalue weighted by molar-refractivity contribution is 5.79. The summed E-state index contributed by atoms with van der Waals surface area (Å²) in [7, 11) is 0. The number of hydrogen-bond donors (Lipinski definition) is 1. The summed E-state index contributed by atoms with van der Waals surface area (Å²) in [6, 6.07) is 0. The zero-order valence-corrected chi connectivity index (χ0v) is 14.8. The molecule has 1 N–H and O–H groups in total. The van der Waals surface area contributed by atoms with Crippen LogP contribution in [0.3, 0.4) is 0 Å². The number of carboxylic acids is 1. The molecule has 1 saturated carbocycles. The second kappa shape index (κ2) is 8.70. The Hall–Kier alpha value is -1.06. The van der Waals surface area contributed by atoms with Gasteiger partial charge in [0.2, 0.25) is 5.91 Å². The van der Waals surface area contributed by atoms with Gasteiger partial charge in [0.25, 0.3) is 0 Å². The van der Waals surface area contributed by atoms with Gasteiger partial charge in [-0.15, -0.1) is 0 Å². The van der Waals surface area contributed by atoms with E-state index < -0.39 is 5.97 Å². The van der Waals surface area contributed by atoms with Crippen molar-refractivity contribution >= 4 is 11.9 Å². The third kappa shape index (κ3) is 4.95. The summed E-state index contributed by atoms with van der Waals surface area (Å²) in [5, 5.41) is 9.24. The van der Waals surface area contributed by atoms with Gasteiger partial charge in [-0.25, -0.2) is 0 Å². The van der Waals surface area contributed by atoms with Gasteiger partial charge in [0.15, 0.2) is 0 Å². The summed E-state index contributed by atoms with van der Waals surface area (Å²) in [6.07, 6.45) is 10.2. The summed E-state index contributed by atoms with van der Waals surface area (Å²) < 4.78 is 0. The van der Waals surface area contributed by atoms with Gasteiger partial charge in [-0.2, -0.15) is 0 Å². The monoisotopic (exact) mass is 323 g/mol. The smallest absolute Gasteiger partial charge is 0.306 e. The molecule has 2 aliphatic rings. The van der Waals surface area contributed by atoms with Crippen LogP contribution in [0, 0.1) is 23.7 Å². The van der Waals surface area contributed by atoms with Crippen LogP contribution in [0.5, 0.6) is 0 Å². The van der Waals surface area contributed by atoms with Crippen molar-refractivity contribution in [1.29, 1.82) is 0 Å². The SMILES string of the molecule is CCCC(CC1CCCCC1)C(=O)N1CCC(C(=O)O)C(C)C1. The molecule has 2 rings (SSSR count). The Morgan fingerprint density at radius 3 is 2.43 bits per heavy atom. The number of carbonyl (C=O) groups is 2. The van der Waals surface area contributed by atoms with Crippen molar-refractivity contribution in [3.8, 4) is 0 Å². The van der Waals surface area contributed by atoms with Gasteiger partial charge in [-0.1, -0.05) is 52.4 Å². The molecule has 132 valence electrons. The van der Waals surface area contributed by atoms with Crippen molar-refractivity contribution in [2.24, 2.45) is 23.7 Å². The molecule has 0 bridgehead atoms. The molecule has 4 heteroatoms. The molecule has 3 unspecified atom stereocenters. The van der Waals surface area contributed by atoms with E-state index in [9.17, 15) is 14.7 Å². The van der Waals surface area contributed by atoms with Gasteiger partial charge in [-0.3, -0.25) is 9.59 Å². The first-order valence-corrected chi connectivity index (χ1v) is 9.54. The molecule has 0 aromatic carbocycles. The summed E-state index contributed by atoms with van der Waals surface area (Å²) in [4.78, 5) is 26.2. The standard InChI is InChI=1S/C19H33NO3/c1-3-7-16(12-15-8-5-4-6-9-15)18(21)20-11-10-17(19(22)23)14(2)13-20/h14-17H,3-13H2,1-2H3,(H,22,23). The largest absolute Gasteiger partial charge is 0.481 e. The Morgan fingerprint density at radius 2 is 1.87 bits per heavy atom. The number of hydrogen-bond acceptors (Lipinski definition) is 2. The maximum Gasteiger partial charge on any atom is 0.306 e. The molecule has 2 fully saturated rings. The number of amides is 1.